The maximum atomic E-state index is 13.5. The van der Waals surface area contributed by atoms with E-state index in [-0.39, 0.29) is 24.9 Å². The Morgan fingerprint density at radius 3 is 2.76 bits per heavy atom. The van der Waals surface area contributed by atoms with E-state index in [1.807, 2.05) is 6.92 Å². The van der Waals surface area contributed by atoms with Gasteiger partial charge in [-0.3, -0.25) is 0 Å². The molecular formula is C15H20F2N2O2. The van der Waals surface area contributed by atoms with Crippen molar-refractivity contribution in [2.24, 2.45) is 0 Å². The zero-order valence-electron chi connectivity index (χ0n) is 12.3. The number of anilines is 1. The number of alkyl halides is 2. The molecule has 0 amide bonds. The molecule has 1 aromatic heterocycles. The molecule has 1 fully saturated rings. The molecular weight excluding hydrogens is 278 g/mol. The summed E-state index contributed by atoms with van der Waals surface area (Å²) >= 11 is 0. The molecule has 6 heteroatoms. The Balaban J connectivity index is 2.41. The van der Waals surface area contributed by atoms with Gasteiger partial charge in [-0.05, 0) is 31.4 Å². The molecule has 21 heavy (non-hydrogen) atoms. The van der Waals surface area contributed by atoms with Crippen LogP contribution >= 0.6 is 0 Å². The highest BCUT2D eigenvalue weighted by Gasteiger charge is 2.33. The van der Waals surface area contributed by atoms with Crippen LogP contribution in [-0.2, 0) is 6.42 Å². The molecule has 0 aromatic carbocycles. The van der Waals surface area contributed by atoms with Crippen LogP contribution in [0.15, 0.2) is 6.07 Å². The lowest BCUT2D eigenvalue weighted by Gasteiger charge is -2.24. The Bertz CT molecular complexity index is 547. The van der Waals surface area contributed by atoms with Gasteiger partial charge in [0.25, 0.3) is 0 Å². The average molecular weight is 298 g/mol. The summed E-state index contributed by atoms with van der Waals surface area (Å²) in [5, 5.41) is 9.40. The second-order valence-corrected chi connectivity index (χ2v) is 5.48. The zero-order valence-corrected chi connectivity index (χ0v) is 12.3. The molecule has 2 heterocycles. The fourth-order valence-electron chi connectivity index (χ4n) is 2.67. The highest BCUT2D eigenvalue weighted by molar-refractivity contribution is 5.95. The van der Waals surface area contributed by atoms with Crippen LogP contribution in [0.5, 0.6) is 0 Å². The minimum absolute atomic E-state index is 0.123. The second kappa shape index (κ2) is 5.95. The summed E-state index contributed by atoms with van der Waals surface area (Å²) in [4.78, 5) is 17.6. The predicted octanol–water partition coefficient (Wildman–Crippen LogP) is 3.28. The number of carboxylic acids is 1. The molecule has 1 N–H and O–H groups in total. The van der Waals surface area contributed by atoms with E-state index in [9.17, 15) is 18.7 Å². The first-order valence-corrected chi connectivity index (χ1v) is 7.20. The van der Waals surface area contributed by atoms with Crippen LogP contribution in [0.4, 0.5) is 14.6 Å². The van der Waals surface area contributed by atoms with Crippen LogP contribution in [0.1, 0.15) is 47.8 Å². The van der Waals surface area contributed by atoms with Crippen LogP contribution in [0.2, 0.25) is 0 Å². The van der Waals surface area contributed by atoms with Crippen LogP contribution in [0.25, 0.3) is 0 Å². The topological polar surface area (TPSA) is 53.4 Å². The Morgan fingerprint density at radius 1 is 1.43 bits per heavy atom. The summed E-state index contributed by atoms with van der Waals surface area (Å²) in [6.45, 7) is 4.20. The number of carbonyl (C=O) groups is 1. The number of carboxylic acid groups (broad SMARTS) is 1. The van der Waals surface area contributed by atoms with Crippen molar-refractivity contribution >= 4 is 11.8 Å². The normalized spacial score (nSPS) is 18.4. The van der Waals surface area contributed by atoms with E-state index in [2.05, 4.69) is 4.98 Å². The van der Waals surface area contributed by atoms with Gasteiger partial charge >= 0.3 is 5.97 Å². The summed E-state index contributed by atoms with van der Waals surface area (Å²) in [7, 11) is 0. The molecule has 0 aliphatic carbocycles. The number of aromatic carboxylic acids is 1. The molecule has 116 valence electrons. The Kier molecular flexibility index (Phi) is 4.44. The third kappa shape index (κ3) is 3.49. The largest absolute Gasteiger partial charge is 0.478 e. The van der Waals surface area contributed by atoms with Crippen LogP contribution in [0, 0.1) is 6.92 Å². The van der Waals surface area contributed by atoms with Gasteiger partial charge in [-0.1, -0.05) is 6.92 Å². The molecule has 0 radical (unpaired) electrons. The smallest absolute Gasteiger partial charge is 0.339 e. The van der Waals surface area contributed by atoms with Crippen molar-refractivity contribution in [3.05, 3.63) is 22.9 Å². The fraction of sp³-hybridized carbons (Fsp3) is 0.600. The van der Waals surface area contributed by atoms with E-state index in [0.29, 0.717) is 30.8 Å². The lowest BCUT2D eigenvalue weighted by Crippen LogP contribution is -2.29. The van der Waals surface area contributed by atoms with Crippen molar-refractivity contribution in [3.8, 4) is 0 Å². The molecule has 0 saturated carbocycles. The van der Waals surface area contributed by atoms with Gasteiger partial charge < -0.3 is 10.0 Å². The van der Waals surface area contributed by atoms with Gasteiger partial charge in [0.15, 0.2) is 0 Å². The number of halogens is 2. The third-order valence-electron chi connectivity index (χ3n) is 3.84. The first kappa shape index (κ1) is 15.7. The lowest BCUT2D eigenvalue weighted by molar-refractivity contribution is -0.0102. The molecule has 1 aliphatic rings. The maximum Gasteiger partial charge on any atom is 0.339 e. The van der Waals surface area contributed by atoms with Crippen molar-refractivity contribution in [2.45, 2.75) is 45.5 Å². The summed E-state index contributed by atoms with van der Waals surface area (Å²) in [5.74, 6) is -3.40. The SMILES string of the molecule is CCc1cc(C)c(C(=O)O)c(N2CCCC(F)(F)CC2)n1. The van der Waals surface area contributed by atoms with Gasteiger partial charge in [-0.25, -0.2) is 18.6 Å². The van der Waals surface area contributed by atoms with Crippen LogP contribution < -0.4 is 4.90 Å². The molecule has 0 bridgehead atoms. The Morgan fingerprint density at radius 2 is 2.14 bits per heavy atom. The minimum Gasteiger partial charge on any atom is -0.478 e. The van der Waals surface area contributed by atoms with Gasteiger partial charge in [0.1, 0.15) is 11.4 Å². The average Bonchev–Trinajstić information content (AvgIpc) is 2.58. The van der Waals surface area contributed by atoms with Crippen molar-refractivity contribution in [2.75, 3.05) is 18.0 Å². The summed E-state index contributed by atoms with van der Waals surface area (Å²) < 4.78 is 26.9. The first-order valence-electron chi connectivity index (χ1n) is 7.20. The highest BCUT2D eigenvalue weighted by Crippen LogP contribution is 2.31. The second-order valence-electron chi connectivity index (χ2n) is 5.48. The molecule has 4 nitrogen and oxygen atoms in total. The van der Waals surface area contributed by atoms with Crippen LogP contribution in [0.3, 0.4) is 0 Å². The molecule has 1 aliphatic heterocycles. The van der Waals surface area contributed by atoms with E-state index in [1.54, 1.807) is 17.9 Å². The molecule has 1 saturated heterocycles. The first-order chi connectivity index (χ1) is 9.84. The zero-order chi connectivity index (χ0) is 15.6. The van der Waals surface area contributed by atoms with Gasteiger partial charge in [-0.15, -0.1) is 0 Å². The number of aryl methyl sites for hydroxylation is 2. The van der Waals surface area contributed by atoms with Crippen LogP contribution in [-0.4, -0.2) is 35.1 Å². The van der Waals surface area contributed by atoms with Crippen molar-refractivity contribution in [1.29, 1.82) is 0 Å². The number of aromatic nitrogens is 1. The van der Waals surface area contributed by atoms with E-state index < -0.39 is 11.9 Å². The summed E-state index contributed by atoms with van der Waals surface area (Å²) in [5.41, 5.74) is 1.53. The van der Waals surface area contributed by atoms with Gasteiger partial charge in [0.05, 0.1) is 0 Å². The van der Waals surface area contributed by atoms with Crippen molar-refractivity contribution < 1.29 is 18.7 Å². The maximum absolute atomic E-state index is 13.5. The fourth-order valence-corrected chi connectivity index (χ4v) is 2.67. The Hall–Kier alpha value is -1.72. The number of hydrogen-bond acceptors (Lipinski definition) is 3. The molecule has 2 rings (SSSR count). The van der Waals surface area contributed by atoms with Gasteiger partial charge in [0.2, 0.25) is 5.92 Å². The summed E-state index contributed by atoms with van der Waals surface area (Å²) in [6.07, 6.45) is 0.600. The molecule has 0 spiro atoms. The minimum atomic E-state index is -2.67. The number of nitrogens with zero attached hydrogens (tertiary/aromatic N) is 2. The predicted molar refractivity (Wildman–Crippen MR) is 76.3 cm³/mol. The Labute approximate surface area is 122 Å². The molecule has 0 atom stereocenters. The van der Waals surface area contributed by atoms with E-state index in [4.69, 9.17) is 0 Å². The van der Waals surface area contributed by atoms with E-state index in [1.165, 1.54) is 0 Å². The summed E-state index contributed by atoms with van der Waals surface area (Å²) in [6, 6.07) is 1.75. The molecule has 1 aromatic rings. The van der Waals surface area contributed by atoms with E-state index in [0.717, 1.165) is 5.69 Å². The number of pyridine rings is 1. The van der Waals surface area contributed by atoms with E-state index >= 15 is 0 Å². The standard InChI is InChI=1S/C15H20F2N2O2/c1-3-11-9-10(2)12(14(20)21)13(18-11)19-7-4-5-15(16,17)6-8-19/h9H,3-8H2,1-2H3,(H,20,21). The molecule has 0 unspecified atom stereocenters. The van der Waals surface area contributed by atoms with Gasteiger partial charge in [0, 0.05) is 31.6 Å². The third-order valence-corrected chi connectivity index (χ3v) is 3.84. The number of hydrogen-bond donors (Lipinski definition) is 1. The quantitative estimate of drug-likeness (QED) is 0.930. The van der Waals surface area contributed by atoms with Gasteiger partial charge in [-0.2, -0.15) is 0 Å². The van der Waals surface area contributed by atoms with Crippen molar-refractivity contribution in [3.63, 3.8) is 0 Å². The highest BCUT2D eigenvalue weighted by atomic mass is 19.3. The lowest BCUT2D eigenvalue weighted by atomic mass is 10.1. The monoisotopic (exact) mass is 298 g/mol. The van der Waals surface area contributed by atoms with Crippen molar-refractivity contribution in [1.82, 2.24) is 4.98 Å². The number of rotatable bonds is 3.